The highest BCUT2D eigenvalue weighted by Gasteiger charge is 1.97. The van der Waals surface area contributed by atoms with Gasteiger partial charge in [0.25, 0.3) is 0 Å². The van der Waals surface area contributed by atoms with Crippen LogP contribution in [0, 0.1) is 12.7 Å². The number of methoxy groups -OCH3 is 1. The van der Waals surface area contributed by atoms with Crippen molar-refractivity contribution in [3.63, 3.8) is 0 Å². The second-order valence-electron chi connectivity index (χ2n) is 2.25. The maximum atomic E-state index is 12.7. The zero-order chi connectivity index (χ0) is 8.27. The van der Waals surface area contributed by atoms with Crippen molar-refractivity contribution in [3.8, 4) is 5.75 Å². The molecule has 0 spiro atoms. The Morgan fingerprint density at radius 1 is 1.45 bits per heavy atom. The monoisotopic (exact) mass is 153 g/mol. The predicted molar refractivity (Wildman–Crippen MR) is 42.0 cm³/mol. The lowest BCUT2D eigenvalue weighted by atomic mass is 10.1. The van der Waals surface area contributed by atoms with Crippen molar-refractivity contribution in [3.05, 3.63) is 36.5 Å². The first-order valence-corrected chi connectivity index (χ1v) is 3.39. The molecule has 0 unspecified atom stereocenters. The Kier molecular flexibility index (Phi) is 2.47. The van der Waals surface area contributed by atoms with E-state index in [2.05, 4.69) is 6.92 Å². The van der Waals surface area contributed by atoms with Gasteiger partial charge < -0.3 is 4.74 Å². The van der Waals surface area contributed by atoms with Crippen LogP contribution in [0.1, 0.15) is 5.56 Å². The Balaban J connectivity index is 3.02. The molecule has 1 aromatic rings. The number of ether oxygens (including phenoxy) is 1. The van der Waals surface area contributed by atoms with Crippen molar-refractivity contribution in [2.45, 2.75) is 6.42 Å². The average molecular weight is 153 g/mol. The summed E-state index contributed by atoms with van der Waals surface area (Å²) in [6.45, 7) is 3.65. The van der Waals surface area contributed by atoms with Crippen LogP contribution in [0.15, 0.2) is 18.2 Å². The minimum Gasteiger partial charge on any atom is -0.497 e. The first kappa shape index (κ1) is 8.05. The van der Waals surface area contributed by atoms with E-state index in [1.165, 1.54) is 19.2 Å². The molecule has 1 rings (SSSR count). The van der Waals surface area contributed by atoms with Crippen LogP contribution >= 0.6 is 0 Å². The summed E-state index contributed by atoms with van der Waals surface area (Å²) in [5, 5.41) is 0. The van der Waals surface area contributed by atoms with Gasteiger partial charge in [-0.15, -0.1) is 0 Å². The van der Waals surface area contributed by atoms with E-state index in [0.29, 0.717) is 12.2 Å². The van der Waals surface area contributed by atoms with Gasteiger partial charge >= 0.3 is 0 Å². The Morgan fingerprint density at radius 2 is 2.18 bits per heavy atom. The number of hydrogen-bond donors (Lipinski definition) is 0. The summed E-state index contributed by atoms with van der Waals surface area (Å²) in [4.78, 5) is 0. The van der Waals surface area contributed by atoms with E-state index in [1.807, 2.05) is 0 Å². The molecule has 0 fully saturated rings. The molecule has 59 valence electrons. The molecule has 0 saturated heterocycles. The summed E-state index contributed by atoms with van der Waals surface area (Å²) in [6, 6.07) is 4.57. The van der Waals surface area contributed by atoms with Gasteiger partial charge in [-0.25, -0.2) is 4.39 Å². The molecule has 0 aliphatic heterocycles. The number of hydrogen-bond acceptors (Lipinski definition) is 1. The molecule has 1 radical (unpaired) electrons. The van der Waals surface area contributed by atoms with Gasteiger partial charge in [0.2, 0.25) is 0 Å². The summed E-state index contributed by atoms with van der Waals surface area (Å²) in [5.41, 5.74) is 0.849. The molecule has 0 bridgehead atoms. The second-order valence-corrected chi connectivity index (χ2v) is 2.25. The van der Waals surface area contributed by atoms with Gasteiger partial charge in [0.05, 0.1) is 7.11 Å². The van der Waals surface area contributed by atoms with Crippen LogP contribution in [-0.2, 0) is 6.42 Å². The fraction of sp³-hybridized carbons (Fsp3) is 0.222. The molecule has 0 atom stereocenters. The molecule has 1 aromatic carbocycles. The molecule has 0 amide bonds. The van der Waals surface area contributed by atoms with Crippen molar-refractivity contribution in [2.75, 3.05) is 7.11 Å². The molecule has 0 heterocycles. The van der Waals surface area contributed by atoms with Gasteiger partial charge in [-0.05, 0) is 31.0 Å². The molecule has 0 aliphatic rings. The van der Waals surface area contributed by atoms with Crippen LogP contribution in [-0.4, -0.2) is 7.11 Å². The molecule has 2 heteroatoms. The highest BCUT2D eigenvalue weighted by Crippen LogP contribution is 2.15. The third-order valence-corrected chi connectivity index (χ3v) is 1.46. The first-order valence-electron chi connectivity index (χ1n) is 3.39. The van der Waals surface area contributed by atoms with Crippen LogP contribution in [0.25, 0.3) is 0 Å². The molecular formula is C9H10FO. The lowest BCUT2D eigenvalue weighted by molar-refractivity contribution is 0.410. The third kappa shape index (κ3) is 1.93. The van der Waals surface area contributed by atoms with E-state index in [9.17, 15) is 4.39 Å². The molecule has 0 aromatic heterocycles. The van der Waals surface area contributed by atoms with Crippen LogP contribution in [0.2, 0.25) is 0 Å². The van der Waals surface area contributed by atoms with Crippen LogP contribution in [0.4, 0.5) is 4.39 Å². The Morgan fingerprint density at radius 3 is 2.73 bits per heavy atom. The standard InChI is InChI=1S/C9H10FO/c1-3-7-4-8(10)6-9(5-7)11-2/h4-6H,1,3H2,2H3. The zero-order valence-corrected chi connectivity index (χ0v) is 6.43. The average Bonchev–Trinajstić information content (AvgIpc) is 2.03. The predicted octanol–water partition coefficient (Wildman–Crippen LogP) is 2.21. The molecule has 0 saturated carbocycles. The number of benzene rings is 1. The van der Waals surface area contributed by atoms with Gasteiger partial charge in [-0.1, -0.05) is 0 Å². The van der Waals surface area contributed by atoms with Crippen molar-refractivity contribution >= 4 is 0 Å². The highest BCUT2D eigenvalue weighted by atomic mass is 19.1. The Hall–Kier alpha value is -1.05. The molecule has 1 nitrogen and oxygen atoms in total. The maximum absolute atomic E-state index is 12.7. The van der Waals surface area contributed by atoms with Gasteiger partial charge in [0.1, 0.15) is 11.6 Å². The van der Waals surface area contributed by atoms with E-state index < -0.39 is 0 Å². The van der Waals surface area contributed by atoms with Crippen LogP contribution in [0.5, 0.6) is 5.75 Å². The first-order chi connectivity index (χ1) is 5.26. The van der Waals surface area contributed by atoms with E-state index in [0.717, 1.165) is 5.56 Å². The third-order valence-electron chi connectivity index (χ3n) is 1.46. The summed E-state index contributed by atoms with van der Waals surface area (Å²) in [7, 11) is 1.52. The van der Waals surface area contributed by atoms with Crippen molar-refractivity contribution in [1.82, 2.24) is 0 Å². The quantitative estimate of drug-likeness (QED) is 0.633. The second kappa shape index (κ2) is 3.37. The van der Waals surface area contributed by atoms with Crippen LogP contribution < -0.4 is 4.74 Å². The smallest absolute Gasteiger partial charge is 0.127 e. The topological polar surface area (TPSA) is 9.23 Å². The van der Waals surface area contributed by atoms with E-state index in [-0.39, 0.29) is 5.82 Å². The maximum Gasteiger partial charge on any atom is 0.127 e. The van der Waals surface area contributed by atoms with E-state index in [1.54, 1.807) is 6.07 Å². The minimum atomic E-state index is -0.275. The SMILES string of the molecule is [CH2]Cc1cc(F)cc(OC)c1. The Bertz CT molecular complexity index is 223. The molecule has 11 heavy (non-hydrogen) atoms. The van der Waals surface area contributed by atoms with Gasteiger partial charge in [-0.2, -0.15) is 0 Å². The van der Waals surface area contributed by atoms with Crippen LogP contribution in [0.3, 0.4) is 0 Å². The summed E-state index contributed by atoms with van der Waals surface area (Å²) in [6.07, 6.45) is 0.578. The Labute approximate surface area is 65.8 Å². The molecular weight excluding hydrogens is 143 g/mol. The summed E-state index contributed by atoms with van der Waals surface area (Å²) >= 11 is 0. The zero-order valence-electron chi connectivity index (χ0n) is 6.43. The fourth-order valence-corrected chi connectivity index (χ4v) is 0.883. The fourth-order valence-electron chi connectivity index (χ4n) is 0.883. The van der Waals surface area contributed by atoms with E-state index >= 15 is 0 Å². The van der Waals surface area contributed by atoms with Gasteiger partial charge in [-0.3, -0.25) is 0 Å². The largest absolute Gasteiger partial charge is 0.497 e. The van der Waals surface area contributed by atoms with Crippen molar-refractivity contribution in [1.29, 1.82) is 0 Å². The molecule has 0 N–H and O–H groups in total. The van der Waals surface area contributed by atoms with E-state index in [4.69, 9.17) is 4.74 Å². The highest BCUT2D eigenvalue weighted by molar-refractivity contribution is 5.29. The lowest BCUT2D eigenvalue weighted by Gasteiger charge is -2.01. The van der Waals surface area contributed by atoms with Crippen molar-refractivity contribution < 1.29 is 9.13 Å². The lowest BCUT2D eigenvalue weighted by Crippen LogP contribution is -1.88. The summed E-state index contributed by atoms with van der Waals surface area (Å²) in [5.74, 6) is 0.270. The summed E-state index contributed by atoms with van der Waals surface area (Å²) < 4.78 is 17.6. The normalized spacial score (nSPS) is 9.73. The van der Waals surface area contributed by atoms with Gasteiger partial charge in [0.15, 0.2) is 0 Å². The van der Waals surface area contributed by atoms with Gasteiger partial charge in [0, 0.05) is 6.07 Å². The number of halogens is 1. The molecule has 0 aliphatic carbocycles. The minimum absolute atomic E-state index is 0.275. The number of rotatable bonds is 2. The van der Waals surface area contributed by atoms with Crippen molar-refractivity contribution in [2.24, 2.45) is 0 Å².